The topological polar surface area (TPSA) is 56.9 Å². The Kier molecular flexibility index (Phi) is 4.48. The van der Waals surface area contributed by atoms with E-state index in [4.69, 9.17) is 0 Å². The molecule has 32 heavy (non-hydrogen) atoms. The second-order valence-electron chi connectivity index (χ2n) is 13.0. The van der Waals surface area contributed by atoms with Gasteiger partial charge in [0.25, 0.3) is 0 Å². The summed E-state index contributed by atoms with van der Waals surface area (Å²) in [7, 11) is 0. The summed E-state index contributed by atoms with van der Waals surface area (Å²) in [5.74, 6) is 0.859. The summed E-state index contributed by atoms with van der Waals surface area (Å²) in [6.07, 6.45) is 13.5. The molecule has 0 unspecified atom stereocenters. The Balaban J connectivity index is 1.65. The average Bonchev–Trinajstić information content (AvgIpc) is 3.05. The van der Waals surface area contributed by atoms with Crippen LogP contribution in [0.3, 0.4) is 0 Å². The van der Waals surface area contributed by atoms with Crippen molar-refractivity contribution in [1.82, 2.24) is 4.98 Å². The highest BCUT2D eigenvalue weighted by Gasteiger charge is 2.76. The van der Waals surface area contributed by atoms with Crippen molar-refractivity contribution >= 4 is 5.57 Å². The number of nitrogens with zero attached hydrogens (tertiary/aromatic N) is 2. The van der Waals surface area contributed by atoms with Gasteiger partial charge in [-0.25, -0.2) is 0 Å². The monoisotopic (exact) mass is 432 g/mol. The zero-order valence-electron chi connectivity index (χ0n) is 20.8. The first-order valence-corrected chi connectivity index (χ1v) is 12.7. The van der Waals surface area contributed by atoms with E-state index in [1.165, 1.54) is 17.6 Å². The number of allylic oxidation sites excluding steroid dienone is 2. The summed E-state index contributed by atoms with van der Waals surface area (Å²) >= 11 is 0. The van der Waals surface area contributed by atoms with Crippen molar-refractivity contribution in [3.8, 4) is 6.07 Å². The van der Waals surface area contributed by atoms with E-state index in [0.717, 1.165) is 32.1 Å². The van der Waals surface area contributed by atoms with Crippen molar-refractivity contribution in [2.75, 3.05) is 0 Å². The number of nitriles is 1. The van der Waals surface area contributed by atoms with Gasteiger partial charge in [0.15, 0.2) is 5.60 Å². The summed E-state index contributed by atoms with van der Waals surface area (Å²) < 4.78 is 0. The van der Waals surface area contributed by atoms with Crippen LogP contribution in [0.5, 0.6) is 0 Å². The molecular formula is C29H40N2O. The molecule has 0 radical (unpaired) electrons. The highest BCUT2D eigenvalue weighted by Crippen LogP contribution is 2.80. The second kappa shape index (κ2) is 6.47. The number of pyridine rings is 1. The first-order chi connectivity index (χ1) is 14.9. The molecule has 3 fully saturated rings. The van der Waals surface area contributed by atoms with Gasteiger partial charge >= 0.3 is 0 Å². The fraction of sp³-hybridized carbons (Fsp3) is 0.724. The molecule has 4 aliphatic carbocycles. The van der Waals surface area contributed by atoms with E-state index < -0.39 is 5.60 Å². The van der Waals surface area contributed by atoms with Crippen LogP contribution < -0.4 is 0 Å². The van der Waals surface area contributed by atoms with Crippen LogP contribution in [0.25, 0.3) is 5.57 Å². The molecule has 0 amide bonds. The normalized spacial score (nSPS) is 52.2. The van der Waals surface area contributed by atoms with Gasteiger partial charge in [0.05, 0.1) is 6.07 Å². The van der Waals surface area contributed by atoms with E-state index in [9.17, 15) is 10.4 Å². The zero-order valence-corrected chi connectivity index (χ0v) is 20.8. The minimum absolute atomic E-state index is 0.0173. The Hall–Kier alpha value is -1.66. The summed E-state index contributed by atoms with van der Waals surface area (Å²) in [6.45, 7) is 14.4. The lowest BCUT2D eigenvalue weighted by atomic mass is 9.29. The van der Waals surface area contributed by atoms with Crippen LogP contribution in [0.4, 0.5) is 0 Å². The third-order valence-electron chi connectivity index (χ3n) is 12.2. The van der Waals surface area contributed by atoms with Crippen LogP contribution >= 0.6 is 0 Å². The molecule has 4 aliphatic rings. The number of hydrogen-bond donors (Lipinski definition) is 1. The molecular weight excluding hydrogens is 392 g/mol. The molecule has 1 aromatic heterocycles. The van der Waals surface area contributed by atoms with E-state index >= 15 is 0 Å². The summed E-state index contributed by atoms with van der Waals surface area (Å²) in [6, 6.07) is 6.72. The standard InChI is InChI=1S/C29H40N2O/c1-20-9-12-27(5)26(4)14-13-24(2)22(21-8-7-15-31-18-21)10-11-25(24,3)23(26)17-29(32,19-30)28(27,6)16-20/h7-8,10,15,18,20,23,32H,9,11-14,16-17H2,1-6H3/t20-,23-,24+,25-,26-,27+,28-,29+/m0/s1. The SMILES string of the molecule is C[C@H]1CC[C@@]2(C)[C@](C)(C1)[C@](O)(C#N)C[C@@H]1[C@]2(C)CC[C@]2(C)C(c3cccnc3)=CC[C@@]12C. The first kappa shape index (κ1) is 22.1. The van der Waals surface area contributed by atoms with Gasteiger partial charge < -0.3 is 5.11 Å². The molecule has 1 aromatic rings. The average molecular weight is 433 g/mol. The molecule has 0 bridgehead atoms. The maximum absolute atomic E-state index is 12.1. The molecule has 0 aliphatic heterocycles. The fourth-order valence-electron chi connectivity index (χ4n) is 9.54. The molecule has 172 valence electrons. The predicted molar refractivity (Wildman–Crippen MR) is 128 cm³/mol. The lowest BCUT2D eigenvalue weighted by Crippen LogP contribution is -2.72. The Morgan fingerprint density at radius 1 is 1.03 bits per heavy atom. The van der Waals surface area contributed by atoms with Crippen LogP contribution in [0.15, 0.2) is 30.6 Å². The molecule has 8 atom stereocenters. The number of hydrogen-bond acceptors (Lipinski definition) is 3. The van der Waals surface area contributed by atoms with E-state index in [-0.39, 0.29) is 27.1 Å². The van der Waals surface area contributed by atoms with Crippen LogP contribution in [0, 0.1) is 50.2 Å². The van der Waals surface area contributed by atoms with Gasteiger partial charge in [-0.2, -0.15) is 5.26 Å². The Morgan fingerprint density at radius 3 is 2.44 bits per heavy atom. The maximum atomic E-state index is 12.1. The van der Waals surface area contributed by atoms with Crippen LogP contribution in [0.2, 0.25) is 0 Å². The quantitative estimate of drug-likeness (QED) is 0.497. The molecule has 1 N–H and O–H groups in total. The number of rotatable bonds is 1. The first-order valence-electron chi connectivity index (χ1n) is 12.7. The minimum Gasteiger partial charge on any atom is -0.375 e. The predicted octanol–water partition coefficient (Wildman–Crippen LogP) is 6.79. The molecule has 0 saturated heterocycles. The molecule has 3 heteroatoms. The van der Waals surface area contributed by atoms with Gasteiger partial charge in [-0.3, -0.25) is 4.98 Å². The van der Waals surface area contributed by atoms with Crippen LogP contribution in [0.1, 0.15) is 92.1 Å². The molecule has 5 rings (SSSR count). The van der Waals surface area contributed by atoms with Crippen molar-refractivity contribution < 1.29 is 5.11 Å². The van der Waals surface area contributed by atoms with Crippen LogP contribution in [-0.2, 0) is 0 Å². The molecule has 0 spiro atoms. The van der Waals surface area contributed by atoms with Gasteiger partial charge in [-0.05, 0) is 89.2 Å². The van der Waals surface area contributed by atoms with Gasteiger partial charge in [0, 0.05) is 17.8 Å². The van der Waals surface area contributed by atoms with Gasteiger partial charge in [0.1, 0.15) is 0 Å². The third-order valence-corrected chi connectivity index (χ3v) is 12.2. The zero-order chi connectivity index (χ0) is 23.2. The maximum Gasteiger partial charge on any atom is 0.157 e. The van der Waals surface area contributed by atoms with Gasteiger partial charge in [-0.15, -0.1) is 0 Å². The fourth-order valence-corrected chi connectivity index (χ4v) is 9.54. The Labute approximate surface area is 194 Å². The van der Waals surface area contributed by atoms with Crippen molar-refractivity contribution in [1.29, 1.82) is 5.26 Å². The molecule has 1 heterocycles. The Bertz CT molecular complexity index is 1010. The van der Waals surface area contributed by atoms with Gasteiger partial charge in [-0.1, -0.05) is 60.1 Å². The highest BCUT2D eigenvalue weighted by molar-refractivity contribution is 5.73. The van der Waals surface area contributed by atoms with Crippen molar-refractivity contribution in [3.63, 3.8) is 0 Å². The van der Waals surface area contributed by atoms with Crippen molar-refractivity contribution in [3.05, 3.63) is 36.2 Å². The van der Waals surface area contributed by atoms with Gasteiger partial charge in [0.2, 0.25) is 0 Å². The van der Waals surface area contributed by atoms with E-state index in [1.54, 1.807) is 0 Å². The lowest BCUT2D eigenvalue weighted by molar-refractivity contribution is -0.288. The largest absolute Gasteiger partial charge is 0.375 e. The summed E-state index contributed by atoms with van der Waals surface area (Å²) in [5.41, 5.74) is 1.10. The molecule has 3 nitrogen and oxygen atoms in total. The van der Waals surface area contributed by atoms with Crippen molar-refractivity contribution in [2.45, 2.75) is 92.1 Å². The molecule has 3 saturated carbocycles. The minimum atomic E-state index is -1.28. The number of aliphatic hydroxyl groups is 1. The summed E-state index contributed by atoms with van der Waals surface area (Å²) in [4.78, 5) is 4.41. The van der Waals surface area contributed by atoms with E-state index in [1.807, 2.05) is 18.5 Å². The molecule has 0 aromatic carbocycles. The number of fused-ring (bicyclic) bond motifs is 5. The second-order valence-corrected chi connectivity index (χ2v) is 13.0. The third kappa shape index (κ3) is 2.28. The number of aromatic nitrogens is 1. The Morgan fingerprint density at radius 2 is 1.78 bits per heavy atom. The van der Waals surface area contributed by atoms with E-state index in [2.05, 4.69) is 64.7 Å². The smallest absolute Gasteiger partial charge is 0.157 e. The lowest BCUT2D eigenvalue weighted by Gasteiger charge is -2.75. The van der Waals surface area contributed by atoms with Crippen molar-refractivity contribution in [2.24, 2.45) is 38.9 Å². The summed E-state index contributed by atoms with van der Waals surface area (Å²) in [5, 5.41) is 22.5. The van der Waals surface area contributed by atoms with Crippen LogP contribution in [-0.4, -0.2) is 15.7 Å². The van der Waals surface area contributed by atoms with E-state index in [0.29, 0.717) is 18.3 Å². The highest BCUT2D eigenvalue weighted by atomic mass is 16.3.